The van der Waals surface area contributed by atoms with Crippen molar-refractivity contribution in [3.05, 3.63) is 44.4 Å². The highest BCUT2D eigenvalue weighted by Crippen LogP contribution is 2.37. The summed E-state index contributed by atoms with van der Waals surface area (Å²) in [5, 5.41) is -0.181. The molecule has 74 valence electrons. The van der Waals surface area contributed by atoms with Crippen LogP contribution in [-0.2, 0) is 0 Å². The first-order valence-corrected chi connectivity index (χ1v) is 6.16. The molecule has 1 atom stereocenters. The number of hydrogen-bond donors (Lipinski definition) is 0. The number of alkyl halides is 1. The van der Waals surface area contributed by atoms with Gasteiger partial charge in [0.05, 0.1) is 10.0 Å². The zero-order valence-electron chi connectivity index (χ0n) is 7.46. The zero-order chi connectivity index (χ0) is 10.1. The molecule has 0 aliphatic heterocycles. The molecule has 4 heteroatoms. The van der Waals surface area contributed by atoms with Crippen LogP contribution in [0.15, 0.2) is 32.7 Å². The van der Waals surface area contributed by atoms with Crippen molar-refractivity contribution >= 4 is 38.9 Å². The fraction of sp³-hybridized carbons (Fsp3) is 0.200. The number of furan rings is 1. The van der Waals surface area contributed by atoms with E-state index in [1.165, 1.54) is 5.56 Å². The predicted octanol–water partition coefficient (Wildman–Crippen LogP) is 4.74. The van der Waals surface area contributed by atoms with Crippen LogP contribution in [0.2, 0.25) is 0 Å². The maximum Gasteiger partial charge on any atom is 0.126 e. The van der Waals surface area contributed by atoms with Crippen molar-refractivity contribution < 1.29 is 4.42 Å². The van der Waals surface area contributed by atoms with Gasteiger partial charge in [-0.05, 0) is 46.6 Å². The Morgan fingerprint density at radius 2 is 2.36 bits per heavy atom. The van der Waals surface area contributed by atoms with Gasteiger partial charge in [0, 0.05) is 4.88 Å². The summed E-state index contributed by atoms with van der Waals surface area (Å²) in [6, 6.07) is 5.82. The number of aryl methyl sites for hydroxylation is 1. The molecule has 0 saturated heterocycles. The highest BCUT2D eigenvalue weighted by atomic mass is 79.9. The fourth-order valence-electron chi connectivity index (χ4n) is 1.18. The summed E-state index contributed by atoms with van der Waals surface area (Å²) in [7, 11) is 0. The first-order valence-electron chi connectivity index (χ1n) is 4.12. The van der Waals surface area contributed by atoms with Crippen molar-refractivity contribution in [3.8, 4) is 0 Å². The SMILES string of the molecule is Cc1cc(C(Cl)c2ccco2)sc1Br. The molecule has 1 unspecified atom stereocenters. The Morgan fingerprint density at radius 3 is 2.86 bits per heavy atom. The van der Waals surface area contributed by atoms with E-state index in [0.717, 1.165) is 14.4 Å². The molecule has 0 aromatic carbocycles. The second kappa shape index (κ2) is 4.09. The van der Waals surface area contributed by atoms with Gasteiger partial charge in [0.15, 0.2) is 0 Å². The van der Waals surface area contributed by atoms with Gasteiger partial charge in [-0.1, -0.05) is 0 Å². The Morgan fingerprint density at radius 1 is 1.57 bits per heavy atom. The second-order valence-corrected chi connectivity index (χ2v) is 5.82. The topological polar surface area (TPSA) is 13.1 Å². The molecule has 2 aromatic rings. The van der Waals surface area contributed by atoms with Gasteiger partial charge in [-0.2, -0.15) is 0 Å². The van der Waals surface area contributed by atoms with E-state index in [9.17, 15) is 0 Å². The molecule has 2 heterocycles. The van der Waals surface area contributed by atoms with E-state index in [4.69, 9.17) is 16.0 Å². The van der Waals surface area contributed by atoms with Crippen LogP contribution in [0.1, 0.15) is 21.6 Å². The molecular formula is C10H8BrClOS. The van der Waals surface area contributed by atoms with Gasteiger partial charge >= 0.3 is 0 Å². The summed E-state index contributed by atoms with van der Waals surface area (Å²) >= 11 is 11.4. The van der Waals surface area contributed by atoms with Crippen LogP contribution < -0.4 is 0 Å². The van der Waals surface area contributed by atoms with Gasteiger partial charge in [-0.15, -0.1) is 22.9 Å². The molecule has 0 amide bonds. The highest BCUT2D eigenvalue weighted by Gasteiger charge is 2.16. The lowest BCUT2D eigenvalue weighted by molar-refractivity contribution is 0.517. The molecule has 0 aliphatic carbocycles. The lowest BCUT2D eigenvalue weighted by Gasteiger charge is -2.01. The van der Waals surface area contributed by atoms with E-state index >= 15 is 0 Å². The van der Waals surface area contributed by atoms with Crippen LogP contribution >= 0.6 is 38.9 Å². The van der Waals surface area contributed by atoms with E-state index < -0.39 is 0 Å². The average Bonchev–Trinajstić information content (AvgIpc) is 2.76. The number of thiophene rings is 1. The average molecular weight is 292 g/mol. The van der Waals surface area contributed by atoms with Crippen molar-refractivity contribution in [2.45, 2.75) is 12.3 Å². The van der Waals surface area contributed by atoms with Gasteiger partial charge in [-0.25, -0.2) is 0 Å². The van der Waals surface area contributed by atoms with Gasteiger partial charge in [0.2, 0.25) is 0 Å². The monoisotopic (exact) mass is 290 g/mol. The van der Waals surface area contributed by atoms with Gasteiger partial charge in [0.1, 0.15) is 11.1 Å². The lowest BCUT2D eigenvalue weighted by atomic mass is 10.2. The summed E-state index contributed by atoms with van der Waals surface area (Å²) in [6.45, 7) is 2.05. The van der Waals surface area contributed by atoms with Crippen LogP contribution in [0.25, 0.3) is 0 Å². The van der Waals surface area contributed by atoms with E-state index in [-0.39, 0.29) is 5.38 Å². The van der Waals surface area contributed by atoms with E-state index in [1.54, 1.807) is 17.6 Å². The molecule has 0 saturated carbocycles. The molecule has 2 aromatic heterocycles. The predicted molar refractivity (Wildman–Crippen MR) is 63.2 cm³/mol. The molecule has 0 N–H and O–H groups in total. The Labute approximate surface area is 99.8 Å². The van der Waals surface area contributed by atoms with Crippen LogP contribution in [-0.4, -0.2) is 0 Å². The molecule has 14 heavy (non-hydrogen) atoms. The van der Waals surface area contributed by atoms with Crippen LogP contribution in [0.3, 0.4) is 0 Å². The highest BCUT2D eigenvalue weighted by molar-refractivity contribution is 9.11. The summed E-state index contributed by atoms with van der Waals surface area (Å²) in [6.07, 6.45) is 1.64. The third-order valence-corrected chi connectivity index (χ3v) is 4.70. The quantitative estimate of drug-likeness (QED) is 0.728. The number of halogens is 2. The van der Waals surface area contributed by atoms with Crippen molar-refractivity contribution in [1.29, 1.82) is 0 Å². The fourth-order valence-corrected chi connectivity index (χ4v) is 3.06. The molecule has 0 aliphatic rings. The van der Waals surface area contributed by atoms with Crippen molar-refractivity contribution in [2.24, 2.45) is 0 Å². The van der Waals surface area contributed by atoms with E-state index in [2.05, 4.69) is 28.9 Å². The maximum atomic E-state index is 6.25. The van der Waals surface area contributed by atoms with E-state index in [1.807, 2.05) is 12.1 Å². The smallest absolute Gasteiger partial charge is 0.126 e. The normalized spacial score (nSPS) is 13.1. The molecule has 0 radical (unpaired) electrons. The summed E-state index contributed by atoms with van der Waals surface area (Å²) in [5.41, 5.74) is 1.21. The van der Waals surface area contributed by atoms with Crippen LogP contribution in [0.5, 0.6) is 0 Å². The molecule has 0 fully saturated rings. The maximum absolute atomic E-state index is 6.25. The summed E-state index contributed by atoms with van der Waals surface area (Å²) in [4.78, 5) is 1.10. The second-order valence-electron chi connectivity index (χ2n) is 2.98. The molecule has 0 bridgehead atoms. The lowest BCUT2D eigenvalue weighted by Crippen LogP contribution is -1.85. The molecule has 2 rings (SSSR count). The summed E-state index contributed by atoms with van der Waals surface area (Å²) < 4.78 is 6.39. The van der Waals surface area contributed by atoms with Crippen molar-refractivity contribution in [1.82, 2.24) is 0 Å². The number of hydrogen-bond acceptors (Lipinski definition) is 2. The minimum atomic E-state index is -0.181. The standard InChI is InChI=1S/C10H8BrClOS/c1-6-5-8(14-10(6)11)9(12)7-3-2-4-13-7/h2-5,9H,1H3. The van der Waals surface area contributed by atoms with Gasteiger partial charge in [0.25, 0.3) is 0 Å². The minimum Gasteiger partial charge on any atom is -0.467 e. The molecular weight excluding hydrogens is 284 g/mol. The Balaban J connectivity index is 2.32. The van der Waals surface area contributed by atoms with Crippen molar-refractivity contribution in [3.63, 3.8) is 0 Å². The summed E-state index contributed by atoms with van der Waals surface area (Å²) in [5.74, 6) is 0.792. The molecule has 0 spiro atoms. The minimum absolute atomic E-state index is 0.181. The van der Waals surface area contributed by atoms with E-state index in [0.29, 0.717) is 0 Å². The largest absolute Gasteiger partial charge is 0.467 e. The van der Waals surface area contributed by atoms with Gasteiger partial charge < -0.3 is 4.42 Å². The Bertz CT molecular complexity index is 402. The van der Waals surface area contributed by atoms with Crippen LogP contribution in [0, 0.1) is 6.92 Å². The zero-order valence-corrected chi connectivity index (χ0v) is 10.6. The third kappa shape index (κ3) is 1.90. The van der Waals surface area contributed by atoms with Crippen molar-refractivity contribution in [2.75, 3.05) is 0 Å². The Kier molecular flexibility index (Phi) is 3.00. The first kappa shape index (κ1) is 10.3. The van der Waals surface area contributed by atoms with Gasteiger partial charge in [-0.3, -0.25) is 0 Å². The Hall–Kier alpha value is -0.250. The van der Waals surface area contributed by atoms with Crippen LogP contribution in [0.4, 0.5) is 0 Å². The third-order valence-electron chi connectivity index (χ3n) is 1.92. The number of rotatable bonds is 2. The first-order chi connectivity index (χ1) is 6.68. The molecule has 1 nitrogen and oxygen atoms in total.